The molecule has 0 saturated carbocycles. The number of aromatic nitrogens is 2. The number of nitrogens with one attached hydrogen (secondary N) is 1. The lowest BCUT2D eigenvalue weighted by Gasteiger charge is -2.58. The Kier molecular flexibility index (Phi) is 8.25. The molecule has 0 amide bonds. The number of benzene rings is 2. The van der Waals surface area contributed by atoms with Crippen LogP contribution in [0.15, 0.2) is 78.5 Å². The molecule has 6 atom stereocenters. The molecule has 0 radical (unpaired) electrons. The van der Waals surface area contributed by atoms with Crippen LogP contribution in [0.4, 0.5) is 4.39 Å². The van der Waals surface area contributed by atoms with E-state index in [1.165, 1.54) is 18.6 Å². The minimum absolute atomic E-state index is 0.105. The van der Waals surface area contributed by atoms with E-state index < -0.39 is 5.60 Å². The number of Topliss-reactive ketones (excluding diaryl/α,β-unsaturated/α-hetero) is 1. The highest BCUT2D eigenvalue weighted by Crippen LogP contribution is 2.62. The van der Waals surface area contributed by atoms with Crippen molar-refractivity contribution >= 4 is 39.2 Å². The molecule has 7 nitrogen and oxygen atoms in total. The first-order valence-electron chi connectivity index (χ1n) is 19.0. The van der Waals surface area contributed by atoms with Gasteiger partial charge in [-0.25, -0.2) is 4.39 Å². The Hall–Kier alpha value is -4.11. The third kappa shape index (κ3) is 5.58. The molecular weight excluding hydrogens is 639 g/mol. The molecular formula is C43H47FN4O3. The van der Waals surface area contributed by atoms with Crippen molar-refractivity contribution in [3.05, 3.63) is 95.6 Å². The number of halogens is 1. The topological polar surface area (TPSA) is 92.7 Å². The van der Waals surface area contributed by atoms with E-state index in [0.717, 1.165) is 96.9 Å². The van der Waals surface area contributed by atoms with Crippen LogP contribution in [0.25, 0.3) is 33.5 Å². The monoisotopic (exact) mass is 686 g/mol. The van der Waals surface area contributed by atoms with Gasteiger partial charge in [0, 0.05) is 54.0 Å². The van der Waals surface area contributed by atoms with Gasteiger partial charge in [-0.15, -0.1) is 0 Å². The molecule has 9 rings (SSSR count). The predicted octanol–water partition coefficient (Wildman–Crippen LogP) is 7.80. The molecule has 264 valence electrons. The maximum atomic E-state index is 13.7. The van der Waals surface area contributed by atoms with E-state index in [2.05, 4.69) is 33.0 Å². The van der Waals surface area contributed by atoms with Crippen molar-refractivity contribution in [2.45, 2.75) is 81.9 Å². The van der Waals surface area contributed by atoms with Crippen LogP contribution in [0.5, 0.6) is 5.75 Å². The second-order valence-electron chi connectivity index (χ2n) is 15.8. The van der Waals surface area contributed by atoms with Crippen molar-refractivity contribution in [2.24, 2.45) is 11.3 Å². The summed E-state index contributed by atoms with van der Waals surface area (Å²) in [5.41, 5.74) is 3.87. The lowest BCUT2D eigenvalue weighted by atomic mass is 9.54. The second-order valence-corrected chi connectivity index (χ2v) is 15.8. The largest absolute Gasteiger partial charge is 0.506 e. The molecule has 3 bridgehead atoms. The number of rotatable bonds is 2. The maximum absolute atomic E-state index is 13.7. The first-order valence-corrected chi connectivity index (χ1v) is 19.0. The number of ketones is 1. The van der Waals surface area contributed by atoms with Crippen LogP contribution in [0.1, 0.15) is 75.5 Å². The first-order chi connectivity index (χ1) is 24.8. The third-order valence-electron chi connectivity index (χ3n) is 12.9. The van der Waals surface area contributed by atoms with Gasteiger partial charge in [-0.3, -0.25) is 14.7 Å². The first kappa shape index (κ1) is 32.8. The number of aromatic amines is 1. The highest BCUT2D eigenvalue weighted by Gasteiger charge is 2.66. The molecule has 3 fully saturated rings. The zero-order valence-corrected chi connectivity index (χ0v) is 29.2. The van der Waals surface area contributed by atoms with Crippen molar-refractivity contribution in [2.75, 3.05) is 26.2 Å². The summed E-state index contributed by atoms with van der Waals surface area (Å²) >= 11 is 0. The number of phenolic OH excluding ortho intramolecular Hbond substituents is 1. The summed E-state index contributed by atoms with van der Waals surface area (Å²) in [6.07, 6.45) is 19.1. The summed E-state index contributed by atoms with van der Waals surface area (Å²) in [6, 6.07) is 14.1. The number of carbonyl (C=O) groups excluding carboxylic acids is 1. The Morgan fingerprint density at radius 2 is 1.78 bits per heavy atom. The van der Waals surface area contributed by atoms with Crippen molar-refractivity contribution in [3.63, 3.8) is 0 Å². The van der Waals surface area contributed by atoms with Gasteiger partial charge in [0.25, 0.3) is 0 Å². The summed E-state index contributed by atoms with van der Waals surface area (Å²) in [7, 11) is 0. The van der Waals surface area contributed by atoms with Gasteiger partial charge in [0.2, 0.25) is 0 Å². The Morgan fingerprint density at radius 3 is 2.67 bits per heavy atom. The molecule has 4 aromatic rings. The van der Waals surface area contributed by atoms with E-state index in [4.69, 9.17) is 4.98 Å². The average Bonchev–Trinajstić information content (AvgIpc) is 3.66. The van der Waals surface area contributed by atoms with E-state index in [1.807, 2.05) is 30.5 Å². The van der Waals surface area contributed by atoms with E-state index in [9.17, 15) is 19.4 Å². The minimum Gasteiger partial charge on any atom is -0.506 e. The zero-order valence-electron chi connectivity index (χ0n) is 29.2. The van der Waals surface area contributed by atoms with Gasteiger partial charge in [-0.2, -0.15) is 0 Å². The Labute approximate surface area is 298 Å². The molecule has 51 heavy (non-hydrogen) atoms. The van der Waals surface area contributed by atoms with Crippen LogP contribution in [-0.4, -0.2) is 79.6 Å². The van der Waals surface area contributed by atoms with E-state index in [-0.39, 0.29) is 40.8 Å². The summed E-state index contributed by atoms with van der Waals surface area (Å²) < 4.78 is 13.7. The number of para-hydroxylation sites is 1. The number of allylic oxidation sites excluding steroid dienone is 3. The number of pyridine rings is 1. The fraction of sp³-hybridized carbons (Fsp3) is 0.442. The lowest BCUT2D eigenvalue weighted by Crippen LogP contribution is -2.65. The summed E-state index contributed by atoms with van der Waals surface area (Å²) in [5, 5.41) is 26.1. The van der Waals surface area contributed by atoms with E-state index >= 15 is 0 Å². The number of fused-ring (bicyclic) bond motifs is 5. The van der Waals surface area contributed by atoms with Crippen LogP contribution in [0.2, 0.25) is 0 Å². The predicted molar refractivity (Wildman–Crippen MR) is 200 cm³/mol. The quantitative estimate of drug-likeness (QED) is 0.147. The van der Waals surface area contributed by atoms with Crippen LogP contribution in [0, 0.1) is 17.2 Å². The minimum atomic E-state index is -1.12. The van der Waals surface area contributed by atoms with Crippen molar-refractivity contribution in [1.82, 2.24) is 19.8 Å². The third-order valence-corrected chi connectivity index (χ3v) is 12.9. The molecule has 8 heteroatoms. The van der Waals surface area contributed by atoms with E-state index in [0.29, 0.717) is 31.3 Å². The Morgan fingerprint density at radius 1 is 0.941 bits per heavy atom. The number of piperidine rings is 1. The van der Waals surface area contributed by atoms with Gasteiger partial charge in [0.15, 0.2) is 5.78 Å². The molecule has 6 heterocycles. The van der Waals surface area contributed by atoms with Gasteiger partial charge in [0.05, 0.1) is 22.3 Å². The normalized spacial score (nSPS) is 33.1. The highest BCUT2D eigenvalue weighted by atomic mass is 19.1. The molecule has 4 aliphatic heterocycles. The van der Waals surface area contributed by atoms with Gasteiger partial charge >= 0.3 is 0 Å². The summed E-state index contributed by atoms with van der Waals surface area (Å²) in [5.74, 6) is 0.280. The van der Waals surface area contributed by atoms with Crippen LogP contribution in [0.3, 0.4) is 0 Å². The molecule has 1 spiro atoms. The lowest BCUT2D eigenvalue weighted by molar-refractivity contribution is -0.116. The zero-order chi connectivity index (χ0) is 34.7. The Bertz CT molecular complexity index is 2080. The number of hydrogen-bond donors (Lipinski definition) is 3. The standard InChI is InChI=1S/C43H47FN4O3/c44-30-12-10-28(11-13-30)24-29-17-23-48-31(14-15-36(29)49)25-42-27-47-21-6-4-2-1-3-5-19-43(51,41(42)48)26-34(35(42)18-22-47)39-40-33(16-20-45-39)32-8-7-9-37(50)38(32)46-40/h1,3,7-13,16,20,24,26,31,35,41,46,50-51H,2,4-6,14-15,17-19,21-23,25,27H2/b3-1-,29-24-/t31-,35-,41+,42-,43-/m0/s1. The fourth-order valence-corrected chi connectivity index (χ4v) is 10.8. The number of phenols is 1. The SMILES string of the molecule is O=C1CC[C@H]2C[C@]34CN5CCCC/C=C\CC[C@](O)(C=C(c6nccc7c6[nH]c6c(O)cccc67)[C@@H]3CC5)[C@@H]4N2CC/C1=C/c1ccc(F)cc1. The number of aliphatic hydroxyl groups is 1. The summed E-state index contributed by atoms with van der Waals surface area (Å²) in [6.45, 7) is 3.66. The van der Waals surface area contributed by atoms with Crippen LogP contribution in [-0.2, 0) is 4.79 Å². The van der Waals surface area contributed by atoms with Gasteiger partial charge in [-0.05, 0) is 130 Å². The molecule has 2 aromatic carbocycles. The number of hydrogen-bond acceptors (Lipinski definition) is 6. The number of aromatic hydroxyl groups is 1. The molecule has 1 unspecified atom stereocenters. The molecule has 3 N–H and O–H groups in total. The fourth-order valence-electron chi connectivity index (χ4n) is 10.8. The van der Waals surface area contributed by atoms with Gasteiger partial charge in [0.1, 0.15) is 11.6 Å². The number of carbonyl (C=O) groups is 1. The van der Waals surface area contributed by atoms with Crippen LogP contribution < -0.4 is 0 Å². The molecule has 2 aromatic heterocycles. The Balaban J connectivity index is 1.19. The van der Waals surface area contributed by atoms with Crippen molar-refractivity contribution < 1.29 is 19.4 Å². The summed E-state index contributed by atoms with van der Waals surface area (Å²) in [4.78, 5) is 27.5. The smallest absolute Gasteiger partial charge is 0.158 e. The average molecular weight is 687 g/mol. The number of H-pyrrole nitrogens is 1. The maximum Gasteiger partial charge on any atom is 0.158 e. The number of nitrogens with zero attached hydrogens (tertiary/aromatic N) is 3. The molecule has 3 saturated heterocycles. The van der Waals surface area contributed by atoms with E-state index in [1.54, 1.807) is 18.2 Å². The van der Waals surface area contributed by atoms with Crippen LogP contribution >= 0.6 is 0 Å². The van der Waals surface area contributed by atoms with Crippen molar-refractivity contribution in [3.8, 4) is 5.75 Å². The van der Waals surface area contributed by atoms with Crippen molar-refractivity contribution in [1.29, 1.82) is 0 Å². The van der Waals surface area contributed by atoms with Gasteiger partial charge in [-0.1, -0.05) is 36.4 Å². The molecule has 5 aliphatic rings. The van der Waals surface area contributed by atoms with Gasteiger partial charge < -0.3 is 20.1 Å². The second kappa shape index (κ2) is 12.8. The molecule has 1 aliphatic carbocycles. The highest BCUT2D eigenvalue weighted by molar-refractivity contribution is 6.11.